The van der Waals surface area contributed by atoms with E-state index in [-0.39, 0.29) is 11.9 Å². The molecule has 0 radical (unpaired) electrons. The quantitative estimate of drug-likeness (QED) is 0.790. The molecular weight excluding hydrogens is 312 g/mol. The number of esters is 2. The number of hydrogen-bond acceptors (Lipinski definition) is 6. The van der Waals surface area contributed by atoms with Crippen molar-refractivity contribution < 1.29 is 28.5 Å². The van der Waals surface area contributed by atoms with Crippen molar-refractivity contribution in [1.82, 2.24) is 0 Å². The Kier molecular flexibility index (Phi) is 4.37. The van der Waals surface area contributed by atoms with Crippen LogP contribution in [0.1, 0.15) is 31.8 Å². The third-order valence-electron chi connectivity index (χ3n) is 3.82. The first-order chi connectivity index (χ1) is 11.7. The molecule has 0 spiro atoms. The van der Waals surface area contributed by atoms with Crippen molar-refractivity contribution in [3.63, 3.8) is 0 Å². The number of cyclic esters (lactones) is 2. The highest BCUT2D eigenvalue weighted by Crippen LogP contribution is 2.29. The number of benzene rings is 2. The van der Waals surface area contributed by atoms with Crippen molar-refractivity contribution in [3.8, 4) is 11.5 Å². The van der Waals surface area contributed by atoms with Gasteiger partial charge in [0.05, 0.1) is 19.8 Å². The Bertz CT molecular complexity index is 796. The summed E-state index contributed by atoms with van der Waals surface area (Å²) in [6, 6.07) is 10.8. The van der Waals surface area contributed by atoms with Crippen LogP contribution in [0.3, 0.4) is 0 Å². The molecule has 24 heavy (non-hydrogen) atoms. The van der Waals surface area contributed by atoms with Crippen LogP contribution in [0.4, 0.5) is 0 Å². The predicted molar refractivity (Wildman–Crippen MR) is 84.2 cm³/mol. The molecule has 0 N–H and O–H groups in total. The topological polar surface area (TPSA) is 71.1 Å². The summed E-state index contributed by atoms with van der Waals surface area (Å²) in [6.45, 7) is 0.698. The van der Waals surface area contributed by atoms with Gasteiger partial charge in [-0.3, -0.25) is 0 Å². The van der Waals surface area contributed by atoms with E-state index in [0.29, 0.717) is 30.1 Å². The highest BCUT2D eigenvalue weighted by atomic mass is 16.5. The summed E-state index contributed by atoms with van der Waals surface area (Å²) < 4.78 is 19.8. The van der Waals surface area contributed by atoms with E-state index in [0.717, 1.165) is 16.9 Å². The van der Waals surface area contributed by atoms with E-state index >= 15 is 0 Å². The summed E-state index contributed by atoms with van der Waals surface area (Å²) in [5, 5.41) is 0. The van der Waals surface area contributed by atoms with E-state index in [1.165, 1.54) is 0 Å². The van der Waals surface area contributed by atoms with Crippen LogP contribution in [0.2, 0.25) is 0 Å². The molecule has 0 unspecified atom stereocenters. The molecule has 6 nitrogen and oxygen atoms in total. The van der Waals surface area contributed by atoms with Crippen LogP contribution in [0.15, 0.2) is 36.4 Å². The molecule has 2 heterocycles. The van der Waals surface area contributed by atoms with Gasteiger partial charge in [0.15, 0.2) is 0 Å². The lowest BCUT2D eigenvalue weighted by molar-refractivity contribution is 0.0524. The highest BCUT2D eigenvalue weighted by molar-refractivity contribution is 5.96. The standard InChI is InChI=1S/2C9H8O3/c1-11-8-4-2-3-6-7(8)5-12-9(6)10;1-11-7-4-2-3-6-5-12-9(10)8(6)7/h2*2-4H,5H2,1H3. The molecule has 0 atom stereocenters. The Morgan fingerprint density at radius 2 is 1.50 bits per heavy atom. The van der Waals surface area contributed by atoms with Gasteiger partial charge >= 0.3 is 11.9 Å². The van der Waals surface area contributed by atoms with Gasteiger partial charge in [0.2, 0.25) is 0 Å². The van der Waals surface area contributed by atoms with Gasteiger partial charge in [-0.25, -0.2) is 9.59 Å². The minimum Gasteiger partial charge on any atom is -0.496 e. The maximum absolute atomic E-state index is 11.1. The van der Waals surface area contributed by atoms with E-state index < -0.39 is 0 Å². The van der Waals surface area contributed by atoms with E-state index in [9.17, 15) is 9.59 Å². The van der Waals surface area contributed by atoms with Gasteiger partial charge in [-0.05, 0) is 18.2 Å². The Morgan fingerprint density at radius 1 is 0.833 bits per heavy atom. The third kappa shape index (κ3) is 2.78. The molecule has 0 amide bonds. The molecule has 0 fully saturated rings. The number of carbonyl (C=O) groups is 2. The lowest BCUT2D eigenvalue weighted by Crippen LogP contribution is -1.97. The van der Waals surface area contributed by atoms with Crippen LogP contribution in [0, 0.1) is 0 Å². The van der Waals surface area contributed by atoms with Gasteiger partial charge in [0.25, 0.3) is 0 Å². The molecule has 2 aromatic rings. The third-order valence-corrected chi connectivity index (χ3v) is 3.82. The molecule has 6 heteroatoms. The van der Waals surface area contributed by atoms with E-state index in [4.69, 9.17) is 18.9 Å². The first-order valence-electron chi connectivity index (χ1n) is 7.31. The zero-order valence-electron chi connectivity index (χ0n) is 13.3. The number of ether oxygens (including phenoxy) is 4. The molecule has 124 valence electrons. The van der Waals surface area contributed by atoms with Gasteiger partial charge in [-0.15, -0.1) is 0 Å². The molecule has 0 aliphatic carbocycles. The fraction of sp³-hybridized carbons (Fsp3) is 0.222. The van der Waals surface area contributed by atoms with Crippen LogP contribution in [-0.4, -0.2) is 26.2 Å². The molecule has 0 saturated carbocycles. The lowest BCUT2D eigenvalue weighted by atomic mass is 10.1. The maximum atomic E-state index is 11.1. The van der Waals surface area contributed by atoms with Crippen molar-refractivity contribution in [2.24, 2.45) is 0 Å². The van der Waals surface area contributed by atoms with Gasteiger partial charge in [0.1, 0.15) is 30.3 Å². The van der Waals surface area contributed by atoms with Crippen LogP contribution >= 0.6 is 0 Å². The second-order valence-corrected chi connectivity index (χ2v) is 5.13. The minimum absolute atomic E-state index is 0.260. The van der Waals surface area contributed by atoms with Gasteiger partial charge < -0.3 is 18.9 Å². The van der Waals surface area contributed by atoms with E-state index in [1.807, 2.05) is 18.2 Å². The molecule has 0 bridgehead atoms. The summed E-state index contributed by atoms with van der Waals surface area (Å²) in [6.07, 6.45) is 0. The number of hydrogen-bond donors (Lipinski definition) is 0. The minimum atomic E-state index is -0.289. The summed E-state index contributed by atoms with van der Waals surface area (Å²) in [5.41, 5.74) is 2.94. The highest BCUT2D eigenvalue weighted by Gasteiger charge is 2.25. The zero-order chi connectivity index (χ0) is 17.1. The number of methoxy groups -OCH3 is 2. The zero-order valence-corrected chi connectivity index (χ0v) is 13.3. The fourth-order valence-corrected chi connectivity index (χ4v) is 2.63. The number of fused-ring (bicyclic) bond motifs is 2. The van der Waals surface area contributed by atoms with Crippen molar-refractivity contribution in [2.75, 3.05) is 14.2 Å². The maximum Gasteiger partial charge on any atom is 0.342 e. The van der Waals surface area contributed by atoms with E-state index in [1.54, 1.807) is 32.4 Å². The second-order valence-electron chi connectivity index (χ2n) is 5.13. The number of carbonyl (C=O) groups excluding carboxylic acids is 2. The van der Waals surface area contributed by atoms with Crippen molar-refractivity contribution in [1.29, 1.82) is 0 Å². The normalized spacial score (nSPS) is 13.9. The SMILES string of the molecule is COc1cccc2c1C(=O)OC2.COc1cccc2c1COC2=O. The Morgan fingerprint density at radius 3 is 2.25 bits per heavy atom. The Hall–Kier alpha value is -3.02. The van der Waals surface area contributed by atoms with E-state index in [2.05, 4.69) is 0 Å². The van der Waals surface area contributed by atoms with Crippen molar-refractivity contribution in [2.45, 2.75) is 13.2 Å². The molecule has 2 aromatic carbocycles. The smallest absolute Gasteiger partial charge is 0.342 e. The average molecular weight is 328 g/mol. The molecular formula is C18H16O6. The monoisotopic (exact) mass is 328 g/mol. The van der Waals surface area contributed by atoms with Crippen LogP contribution < -0.4 is 9.47 Å². The second kappa shape index (κ2) is 6.62. The van der Waals surface area contributed by atoms with Crippen molar-refractivity contribution in [3.05, 3.63) is 58.7 Å². The Labute approximate surface area is 138 Å². The number of rotatable bonds is 2. The molecule has 2 aliphatic rings. The fourth-order valence-electron chi connectivity index (χ4n) is 2.63. The van der Waals surface area contributed by atoms with Gasteiger partial charge in [0, 0.05) is 11.1 Å². The molecule has 0 saturated heterocycles. The van der Waals surface area contributed by atoms with Crippen LogP contribution in [0.5, 0.6) is 11.5 Å². The molecule has 4 rings (SSSR count). The predicted octanol–water partition coefficient (Wildman–Crippen LogP) is 2.73. The Balaban J connectivity index is 0.000000141. The van der Waals surface area contributed by atoms with Gasteiger partial charge in [-0.1, -0.05) is 18.2 Å². The first-order valence-corrected chi connectivity index (χ1v) is 7.31. The van der Waals surface area contributed by atoms with Gasteiger partial charge in [-0.2, -0.15) is 0 Å². The van der Waals surface area contributed by atoms with Crippen LogP contribution in [-0.2, 0) is 22.7 Å². The van der Waals surface area contributed by atoms with Crippen LogP contribution in [0.25, 0.3) is 0 Å². The summed E-state index contributed by atoms with van der Waals surface area (Å²) in [4.78, 5) is 22.2. The molecule has 2 aliphatic heterocycles. The lowest BCUT2D eigenvalue weighted by Gasteiger charge is -2.02. The van der Waals surface area contributed by atoms with Crippen molar-refractivity contribution >= 4 is 11.9 Å². The largest absolute Gasteiger partial charge is 0.496 e. The average Bonchev–Trinajstić information content (AvgIpc) is 3.19. The first kappa shape index (κ1) is 15.9. The summed E-state index contributed by atoms with van der Waals surface area (Å²) >= 11 is 0. The molecule has 0 aromatic heterocycles. The summed E-state index contributed by atoms with van der Waals surface area (Å²) in [7, 11) is 3.12. The summed E-state index contributed by atoms with van der Waals surface area (Å²) in [5.74, 6) is 0.764.